The molecule has 1 heterocycles. The fourth-order valence-corrected chi connectivity index (χ4v) is 4.87. The largest absolute Gasteiger partial charge is 0.497 e. The first-order valence-corrected chi connectivity index (χ1v) is 10.9. The third kappa shape index (κ3) is 4.94. The van der Waals surface area contributed by atoms with Crippen LogP contribution in [-0.4, -0.2) is 37.6 Å². The lowest BCUT2D eigenvalue weighted by molar-refractivity contribution is -0.118. The third-order valence-corrected chi connectivity index (χ3v) is 6.64. The zero-order valence-corrected chi connectivity index (χ0v) is 18.6. The van der Waals surface area contributed by atoms with Crippen molar-refractivity contribution < 1.29 is 19.0 Å². The number of aryl methyl sites for hydroxylation is 1. The van der Waals surface area contributed by atoms with Gasteiger partial charge < -0.3 is 18.8 Å². The molecule has 0 atom stereocenters. The number of rotatable bonds is 8. The molecule has 0 N–H and O–H groups in total. The molecule has 0 aliphatic carbocycles. The molecule has 0 fully saturated rings. The molecule has 29 heavy (non-hydrogen) atoms. The predicted molar refractivity (Wildman–Crippen MR) is 117 cm³/mol. The summed E-state index contributed by atoms with van der Waals surface area (Å²) in [6.45, 7) is 0. The minimum Gasteiger partial charge on any atom is -0.497 e. The van der Waals surface area contributed by atoms with E-state index in [1.165, 1.54) is 11.3 Å². The zero-order chi connectivity index (χ0) is 20.8. The molecule has 8 heteroatoms. The lowest BCUT2D eigenvalue weighted by Crippen LogP contribution is -2.13. The molecule has 0 aliphatic rings. The lowest BCUT2D eigenvalue weighted by atomic mass is 10.3. The number of ether oxygens (including phenoxy) is 3. The molecule has 0 saturated carbocycles. The van der Waals surface area contributed by atoms with Crippen molar-refractivity contribution in [3.05, 3.63) is 41.2 Å². The maximum absolute atomic E-state index is 12.4. The molecule has 6 nitrogen and oxygen atoms in total. The van der Waals surface area contributed by atoms with E-state index in [2.05, 4.69) is 4.99 Å². The molecule has 0 bridgehead atoms. The van der Waals surface area contributed by atoms with Crippen molar-refractivity contribution in [2.75, 3.05) is 27.1 Å². The Morgan fingerprint density at radius 3 is 2.38 bits per heavy atom. The number of hydrogen-bond acceptors (Lipinski definition) is 6. The summed E-state index contributed by atoms with van der Waals surface area (Å²) >= 11 is 3.15. The minimum atomic E-state index is -0.125. The number of nitrogens with zero attached hydrogens (tertiary/aromatic N) is 2. The average molecular weight is 433 g/mol. The number of fused-ring (bicyclic) bond motifs is 1. The molecule has 0 unspecified atom stereocenters. The van der Waals surface area contributed by atoms with Gasteiger partial charge in [0, 0.05) is 18.4 Å². The van der Waals surface area contributed by atoms with E-state index in [0.717, 1.165) is 44.5 Å². The van der Waals surface area contributed by atoms with E-state index in [1.807, 2.05) is 48.0 Å². The highest BCUT2D eigenvalue weighted by atomic mass is 32.2. The van der Waals surface area contributed by atoms with Crippen molar-refractivity contribution in [3.63, 3.8) is 0 Å². The average Bonchev–Trinajstić information content (AvgIpc) is 3.07. The molecule has 2 aromatic carbocycles. The summed E-state index contributed by atoms with van der Waals surface area (Å²) in [5.74, 6) is 3.04. The summed E-state index contributed by atoms with van der Waals surface area (Å²) in [6, 6.07) is 11.6. The van der Waals surface area contributed by atoms with Gasteiger partial charge in [0.05, 0.1) is 21.3 Å². The predicted octanol–water partition coefficient (Wildman–Crippen LogP) is 4.27. The van der Waals surface area contributed by atoms with Gasteiger partial charge in [0.2, 0.25) is 5.91 Å². The fourth-order valence-electron chi connectivity index (χ4n) is 2.88. The number of amides is 1. The van der Waals surface area contributed by atoms with E-state index in [1.54, 1.807) is 33.1 Å². The quantitative estimate of drug-likeness (QED) is 0.393. The van der Waals surface area contributed by atoms with Gasteiger partial charge in [-0.3, -0.25) is 4.79 Å². The van der Waals surface area contributed by atoms with Crippen LogP contribution in [0.25, 0.3) is 10.2 Å². The van der Waals surface area contributed by atoms with E-state index in [-0.39, 0.29) is 5.91 Å². The van der Waals surface area contributed by atoms with Crippen LogP contribution < -0.4 is 19.0 Å². The number of carbonyl (C=O) groups excluding carboxylic acids is 1. The Morgan fingerprint density at radius 1 is 1.03 bits per heavy atom. The molecule has 154 valence electrons. The second-order valence-corrected chi connectivity index (χ2v) is 8.37. The first kappa shape index (κ1) is 21.3. The zero-order valence-electron chi connectivity index (χ0n) is 16.9. The van der Waals surface area contributed by atoms with Gasteiger partial charge in [-0.15, -0.1) is 11.8 Å². The summed E-state index contributed by atoms with van der Waals surface area (Å²) in [5.41, 5.74) is 0.874. The molecule has 1 amide bonds. The topological polar surface area (TPSA) is 62.1 Å². The van der Waals surface area contributed by atoms with Gasteiger partial charge in [-0.25, -0.2) is 0 Å². The summed E-state index contributed by atoms with van der Waals surface area (Å²) < 4.78 is 18.8. The Kier molecular flexibility index (Phi) is 7.22. The fraction of sp³-hybridized carbons (Fsp3) is 0.333. The summed E-state index contributed by atoms with van der Waals surface area (Å²) in [5, 5.41) is 0. The number of hydrogen-bond donors (Lipinski definition) is 0. The number of aromatic nitrogens is 1. The van der Waals surface area contributed by atoms with Crippen molar-refractivity contribution >= 4 is 39.2 Å². The Labute approximate surface area is 178 Å². The van der Waals surface area contributed by atoms with Crippen LogP contribution in [0.5, 0.6) is 17.2 Å². The number of methoxy groups -OCH3 is 3. The SMILES string of the molecule is COc1ccc(SCCCC(=O)N=c2sc3c(OC)ccc(OC)c3n2C)cc1. The second kappa shape index (κ2) is 9.84. The number of thiazole rings is 1. The number of thioether (sulfide) groups is 1. The van der Waals surface area contributed by atoms with Gasteiger partial charge in [0.15, 0.2) is 4.80 Å². The maximum atomic E-state index is 12.4. The van der Waals surface area contributed by atoms with Gasteiger partial charge in [-0.05, 0) is 48.6 Å². The van der Waals surface area contributed by atoms with Crippen molar-refractivity contribution in [1.82, 2.24) is 4.57 Å². The maximum Gasteiger partial charge on any atom is 0.248 e. The Hall–Kier alpha value is -2.45. The van der Waals surface area contributed by atoms with Crippen molar-refractivity contribution in [2.45, 2.75) is 17.7 Å². The Bertz CT molecular complexity index is 1050. The van der Waals surface area contributed by atoms with E-state index < -0.39 is 0 Å². The normalized spacial score (nSPS) is 11.7. The highest BCUT2D eigenvalue weighted by molar-refractivity contribution is 7.99. The molecule has 0 spiro atoms. The molecular formula is C21H24N2O4S2. The molecule has 0 saturated heterocycles. The van der Waals surface area contributed by atoms with E-state index in [9.17, 15) is 4.79 Å². The molecule has 0 aliphatic heterocycles. The van der Waals surface area contributed by atoms with E-state index in [0.29, 0.717) is 11.2 Å². The van der Waals surface area contributed by atoms with Gasteiger partial charge in [0.25, 0.3) is 0 Å². The number of benzene rings is 2. The lowest BCUT2D eigenvalue weighted by Gasteiger charge is -2.06. The van der Waals surface area contributed by atoms with E-state index >= 15 is 0 Å². The van der Waals surface area contributed by atoms with Crippen LogP contribution in [0.1, 0.15) is 12.8 Å². The molecule has 3 aromatic rings. The molecule has 3 rings (SSSR count). The highest BCUT2D eigenvalue weighted by Crippen LogP contribution is 2.34. The van der Waals surface area contributed by atoms with Crippen molar-refractivity contribution in [2.24, 2.45) is 12.0 Å². The van der Waals surface area contributed by atoms with Crippen LogP contribution in [0, 0.1) is 0 Å². The first-order valence-electron chi connectivity index (χ1n) is 9.12. The Morgan fingerprint density at radius 2 is 1.72 bits per heavy atom. The van der Waals surface area contributed by atoms with Crippen LogP contribution in [-0.2, 0) is 11.8 Å². The van der Waals surface area contributed by atoms with Crippen LogP contribution in [0.2, 0.25) is 0 Å². The number of carbonyl (C=O) groups is 1. The molecule has 1 aromatic heterocycles. The van der Waals surface area contributed by atoms with Crippen LogP contribution in [0.4, 0.5) is 0 Å². The Balaban J connectivity index is 1.67. The van der Waals surface area contributed by atoms with Crippen molar-refractivity contribution in [3.8, 4) is 17.2 Å². The van der Waals surface area contributed by atoms with Crippen LogP contribution >= 0.6 is 23.1 Å². The minimum absolute atomic E-state index is 0.125. The molecule has 0 radical (unpaired) electrons. The molecular weight excluding hydrogens is 408 g/mol. The first-order chi connectivity index (χ1) is 14.1. The third-order valence-electron chi connectivity index (χ3n) is 4.40. The van der Waals surface area contributed by atoms with Crippen LogP contribution in [0.3, 0.4) is 0 Å². The summed E-state index contributed by atoms with van der Waals surface area (Å²) in [6.07, 6.45) is 1.17. The van der Waals surface area contributed by atoms with Gasteiger partial charge >= 0.3 is 0 Å². The van der Waals surface area contributed by atoms with Crippen LogP contribution in [0.15, 0.2) is 46.3 Å². The van der Waals surface area contributed by atoms with Gasteiger partial charge in [-0.1, -0.05) is 11.3 Å². The second-order valence-electron chi connectivity index (χ2n) is 6.22. The highest BCUT2D eigenvalue weighted by Gasteiger charge is 2.14. The monoisotopic (exact) mass is 432 g/mol. The summed E-state index contributed by atoms with van der Waals surface area (Å²) in [4.78, 5) is 18.5. The van der Waals surface area contributed by atoms with Crippen molar-refractivity contribution in [1.29, 1.82) is 0 Å². The van der Waals surface area contributed by atoms with Gasteiger partial charge in [-0.2, -0.15) is 4.99 Å². The standard InChI is InChI=1S/C21H24N2O4S2/c1-23-19-16(26-3)11-12-17(27-4)20(19)29-21(23)22-18(24)6-5-13-28-15-9-7-14(25-2)8-10-15/h7-12H,5-6,13H2,1-4H3. The van der Waals surface area contributed by atoms with Gasteiger partial charge in [0.1, 0.15) is 27.5 Å². The summed E-state index contributed by atoms with van der Waals surface area (Å²) in [7, 11) is 6.79. The smallest absolute Gasteiger partial charge is 0.248 e. The van der Waals surface area contributed by atoms with E-state index in [4.69, 9.17) is 14.2 Å².